The number of hydrogen-bond donors (Lipinski definition) is 2. The highest BCUT2D eigenvalue weighted by Gasteiger charge is 2.19. The average molecular weight is 454 g/mol. The van der Waals surface area contributed by atoms with Crippen molar-refractivity contribution in [1.29, 1.82) is 0 Å². The van der Waals surface area contributed by atoms with Crippen LogP contribution in [-0.2, 0) is 14.8 Å². The molecular weight excluding hydrogens is 430 g/mol. The zero-order valence-electron chi connectivity index (χ0n) is 16.1. The van der Waals surface area contributed by atoms with Crippen molar-refractivity contribution in [3.8, 4) is 0 Å². The molecule has 2 rings (SSSR count). The predicted octanol–water partition coefficient (Wildman–Crippen LogP) is 3.68. The maximum atomic E-state index is 12.4. The predicted molar refractivity (Wildman–Crippen MR) is 113 cm³/mol. The van der Waals surface area contributed by atoms with Gasteiger partial charge in [-0.3, -0.25) is 4.79 Å². The van der Waals surface area contributed by atoms with Crippen molar-refractivity contribution in [3.63, 3.8) is 0 Å². The summed E-state index contributed by atoms with van der Waals surface area (Å²) < 4.78 is 26.8. The highest BCUT2D eigenvalue weighted by Crippen LogP contribution is 2.26. The summed E-state index contributed by atoms with van der Waals surface area (Å²) in [6, 6.07) is 8.87. The molecule has 0 spiro atoms. The Bertz CT molecular complexity index is 972. The molecule has 0 fully saturated rings. The van der Waals surface area contributed by atoms with Crippen LogP contribution in [0, 0.1) is 20.8 Å². The van der Waals surface area contributed by atoms with Crippen LogP contribution in [-0.4, -0.2) is 39.3 Å². The van der Waals surface area contributed by atoms with E-state index in [0.29, 0.717) is 11.4 Å². The number of hydrogen-bond acceptors (Lipinski definition) is 4. The van der Waals surface area contributed by atoms with Gasteiger partial charge in [-0.05, 0) is 77.7 Å². The molecule has 0 aliphatic heterocycles. The van der Waals surface area contributed by atoms with Gasteiger partial charge in [-0.25, -0.2) is 12.7 Å². The van der Waals surface area contributed by atoms with E-state index in [1.165, 1.54) is 18.4 Å². The summed E-state index contributed by atoms with van der Waals surface area (Å²) >= 11 is 3.43. The molecule has 0 saturated carbocycles. The maximum Gasteiger partial charge on any atom is 0.243 e. The first-order valence-electron chi connectivity index (χ1n) is 8.36. The summed E-state index contributed by atoms with van der Waals surface area (Å²) in [4.78, 5) is 12.5. The Hall–Kier alpha value is -1.90. The lowest BCUT2D eigenvalue weighted by Crippen LogP contribution is -2.24. The van der Waals surface area contributed by atoms with Gasteiger partial charge in [0.25, 0.3) is 0 Å². The Kier molecular flexibility index (Phi) is 6.67. The molecule has 0 aromatic heterocycles. The number of aryl methyl sites for hydroxylation is 2. The minimum absolute atomic E-state index is 0.0199. The van der Waals surface area contributed by atoms with Crippen molar-refractivity contribution < 1.29 is 13.2 Å². The third-order valence-corrected chi connectivity index (χ3v) is 6.71. The fourth-order valence-corrected chi connectivity index (χ4v) is 4.07. The van der Waals surface area contributed by atoms with Gasteiger partial charge in [-0.1, -0.05) is 6.07 Å². The molecule has 0 unspecified atom stereocenters. The second-order valence-corrected chi connectivity index (χ2v) is 9.59. The Morgan fingerprint density at radius 1 is 1.07 bits per heavy atom. The lowest BCUT2D eigenvalue weighted by Gasteiger charge is -2.17. The number of rotatable bonds is 6. The maximum absolute atomic E-state index is 12.4. The molecule has 0 heterocycles. The molecule has 1 amide bonds. The molecule has 2 aromatic rings. The Morgan fingerprint density at radius 3 is 2.33 bits per heavy atom. The van der Waals surface area contributed by atoms with E-state index in [9.17, 15) is 13.2 Å². The molecule has 8 heteroatoms. The van der Waals surface area contributed by atoms with Crippen LogP contribution < -0.4 is 10.6 Å². The molecule has 2 aromatic carbocycles. The van der Waals surface area contributed by atoms with Crippen LogP contribution in [0.5, 0.6) is 0 Å². The number of sulfonamides is 1. The molecule has 0 bridgehead atoms. The first-order valence-corrected chi connectivity index (χ1v) is 10.6. The number of nitrogens with one attached hydrogen (secondary N) is 2. The van der Waals surface area contributed by atoms with Gasteiger partial charge >= 0.3 is 0 Å². The van der Waals surface area contributed by atoms with Gasteiger partial charge in [0.15, 0.2) is 0 Å². The lowest BCUT2D eigenvalue weighted by atomic mass is 10.1. The molecular formula is C19H24BrN3O3S. The van der Waals surface area contributed by atoms with Crippen LogP contribution in [0.3, 0.4) is 0 Å². The van der Waals surface area contributed by atoms with Crippen LogP contribution in [0.4, 0.5) is 11.4 Å². The second kappa shape index (κ2) is 8.41. The van der Waals surface area contributed by atoms with Gasteiger partial charge in [-0.2, -0.15) is 0 Å². The normalized spacial score (nSPS) is 11.5. The van der Waals surface area contributed by atoms with Crippen molar-refractivity contribution in [2.75, 3.05) is 31.3 Å². The SMILES string of the molecule is Cc1ccc(NC(=O)CNc2cc(S(=O)(=O)N(C)C)cc(C)c2C)c(Br)c1. The van der Waals surface area contributed by atoms with Gasteiger partial charge < -0.3 is 10.6 Å². The Balaban J connectivity index is 2.17. The number of carbonyl (C=O) groups excluding carboxylic acids is 1. The first kappa shape index (κ1) is 21.4. The number of halogens is 1. The molecule has 0 aliphatic rings. The van der Waals surface area contributed by atoms with Crippen molar-refractivity contribution in [1.82, 2.24) is 4.31 Å². The molecule has 0 saturated heterocycles. The highest BCUT2D eigenvalue weighted by atomic mass is 79.9. The largest absolute Gasteiger partial charge is 0.376 e. The molecule has 2 N–H and O–H groups in total. The Morgan fingerprint density at radius 2 is 1.74 bits per heavy atom. The summed E-state index contributed by atoms with van der Waals surface area (Å²) in [7, 11) is -0.568. The van der Waals surface area contributed by atoms with Crippen LogP contribution in [0.25, 0.3) is 0 Å². The standard InChI is InChI=1S/C19H24BrN3O3S/c1-12-6-7-17(16(20)8-12)22-19(24)11-21-18-10-15(9-13(2)14(18)3)27(25,26)23(4)5/h6-10,21H,11H2,1-5H3,(H,22,24). The smallest absolute Gasteiger partial charge is 0.243 e. The minimum atomic E-state index is -3.55. The zero-order chi connectivity index (χ0) is 20.4. The van der Waals surface area contributed by atoms with Gasteiger partial charge in [0, 0.05) is 24.3 Å². The van der Waals surface area contributed by atoms with Gasteiger partial charge in [0.05, 0.1) is 17.1 Å². The van der Waals surface area contributed by atoms with Crippen LogP contribution in [0.15, 0.2) is 39.7 Å². The summed E-state index contributed by atoms with van der Waals surface area (Å²) in [5.74, 6) is -0.225. The van der Waals surface area contributed by atoms with E-state index < -0.39 is 10.0 Å². The van der Waals surface area contributed by atoms with Gasteiger partial charge in [-0.15, -0.1) is 0 Å². The molecule has 27 heavy (non-hydrogen) atoms. The summed E-state index contributed by atoms with van der Waals surface area (Å²) in [6.45, 7) is 5.72. The number of carbonyl (C=O) groups is 1. The van der Waals surface area contributed by atoms with Crippen molar-refractivity contribution in [3.05, 3.63) is 51.5 Å². The number of anilines is 2. The highest BCUT2D eigenvalue weighted by molar-refractivity contribution is 9.10. The van der Waals surface area contributed by atoms with E-state index in [1.54, 1.807) is 12.1 Å². The van der Waals surface area contributed by atoms with E-state index in [-0.39, 0.29) is 17.3 Å². The van der Waals surface area contributed by atoms with Crippen molar-refractivity contribution >= 4 is 43.2 Å². The van der Waals surface area contributed by atoms with Crippen LogP contribution in [0.2, 0.25) is 0 Å². The van der Waals surface area contributed by atoms with Gasteiger partial charge in [0.2, 0.25) is 15.9 Å². The van der Waals surface area contributed by atoms with E-state index in [4.69, 9.17) is 0 Å². The van der Waals surface area contributed by atoms with Crippen LogP contribution in [0.1, 0.15) is 16.7 Å². The quantitative estimate of drug-likeness (QED) is 0.698. The summed E-state index contributed by atoms with van der Waals surface area (Å²) in [5.41, 5.74) is 4.12. The monoisotopic (exact) mass is 453 g/mol. The van der Waals surface area contributed by atoms with Crippen molar-refractivity contribution in [2.24, 2.45) is 0 Å². The fraction of sp³-hybridized carbons (Fsp3) is 0.316. The van der Waals surface area contributed by atoms with E-state index in [0.717, 1.165) is 21.2 Å². The van der Waals surface area contributed by atoms with Crippen LogP contribution >= 0.6 is 15.9 Å². The second-order valence-electron chi connectivity index (χ2n) is 6.59. The Labute approximate surface area is 169 Å². The van der Waals surface area contributed by atoms with E-state index in [2.05, 4.69) is 26.6 Å². The fourth-order valence-electron chi connectivity index (χ4n) is 2.46. The lowest BCUT2D eigenvalue weighted by molar-refractivity contribution is -0.114. The topological polar surface area (TPSA) is 78.5 Å². The minimum Gasteiger partial charge on any atom is -0.376 e. The molecule has 0 radical (unpaired) electrons. The van der Waals surface area contributed by atoms with E-state index in [1.807, 2.05) is 39.0 Å². The summed E-state index contributed by atoms with van der Waals surface area (Å²) in [5, 5.41) is 5.88. The third kappa shape index (κ3) is 5.09. The first-order chi connectivity index (χ1) is 12.5. The van der Waals surface area contributed by atoms with Gasteiger partial charge in [0.1, 0.15) is 0 Å². The number of benzene rings is 2. The van der Waals surface area contributed by atoms with Crippen molar-refractivity contribution in [2.45, 2.75) is 25.7 Å². The number of nitrogens with zero attached hydrogens (tertiary/aromatic N) is 1. The number of amides is 1. The molecule has 0 atom stereocenters. The molecule has 0 aliphatic carbocycles. The molecule has 146 valence electrons. The third-order valence-electron chi connectivity index (χ3n) is 4.26. The average Bonchev–Trinajstić information content (AvgIpc) is 2.58. The summed E-state index contributed by atoms with van der Waals surface area (Å²) in [6.07, 6.45) is 0. The zero-order valence-corrected chi connectivity index (χ0v) is 18.5. The molecule has 6 nitrogen and oxygen atoms in total. The van der Waals surface area contributed by atoms with E-state index >= 15 is 0 Å².